The maximum atomic E-state index is 10.5. The number of fused-ring (bicyclic) bond motifs is 10. The molecule has 0 spiro atoms. The molecule has 5 nitrogen and oxygen atoms in total. The van der Waals surface area contributed by atoms with Crippen LogP contribution >= 0.6 is 0 Å². The Kier molecular flexibility index (Phi) is 14.7. The first-order valence-electron chi connectivity index (χ1n) is 36.1. The highest BCUT2D eigenvalue weighted by atomic mass is 16.3. The van der Waals surface area contributed by atoms with Crippen molar-refractivity contribution in [2.75, 3.05) is 9.80 Å². The lowest BCUT2D eigenvalue weighted by Crippen LogP contribution is -2.61. The molecule has 0 unspecified atom stereocenters. The monoisotopic (exact) mass is 1320 g/mol. The van der Waals surface area contributed by atoms with Gasteiger partial charge < -0.3 is 18.8 Å². The van der Waals surface area contributed by atoms with Gasteiger partial charge in [-0.2, -0.15) is 5.26 Å². The summed E-state index contributed by atoms with van der Waals surface area (Å²) in [6.45, 7) is 20.6. The Bertz CT molecular complexity index is 6070. The van der Waals surface area contributed by atoms with Crippen LogP contribution in [0, 0.1) is 11.3 Å². The summed E-state index contributed by atoms with van der Waals surface area (Å²) in [5.41, 5.74) is 32.3. The molecule has 0 bridgehead atoms. The van der Waals surface area contributed by atoms with Gasteiger partial charge in [-0.25, -0.2) is 0 Å². The molecule has 0 amide bonds. The average Bonchev–Trinajstić information content (AvgIpc) is 1.32. The van der Waals surface area contributed by atoms with E-state index in [1.54, 1.807) is 0 Å². The molecule has 0 N–H and O–H groups in total. The molecule has 6 heteroatoms. The topological polar surface area (TPSA) is 48.3 Å². The molecule has 2 aliphatic rings. The van der Waals surface area contributed by atoms with Gasteiger partial charge in [-0.3, -0.25) is 0 Å². The third kappa shape index (κ3) is 10.4. The Morgan fingerprint density at radius 2 is 0.854 bits per heavy atom. The third-order valence-electron chi connectivity index (χ3n) is 21.7. The summed E-state index contributed by atoms with van der Waals surface area (Å²) in [6, 6.07) is 115. The summed E-state index contributed by atoms with van der Waals surface area (Å²) < 4.78 is 9.49. The van der Waals surface area contributed by atoms with E-state index in [9.17, 15) is 5.26 Å². The van der Waals surface area contributed by atoms with Crippen molar-refractivity contribution < 1.29 is 4.42 Å². The minimum absolute atomic E-state index is 0.0478. The molecule has 4 heterocycles. The zero-order chi connectivity index (χ0) is 70.2. The van der Waals surface area contributed by atoms with Gasteiger partial charge in [0.05, 0.1) is 39.7 Å². The number of hydrogen-bond acceptors (Lipinski definition) is 4. The number of nitrogens with zero attached hydrogens (tertiary/aromatic N) is 4. The summed E-state index contributed by atoms with van der Waals surface area (Å²) in [4.78, 5) is 5.30. The minimum Gasteiger partial charge on any atom is -0.455 e. The number of para-hydroxylation sites is 4. The van der Waals surface area contributed by atoms with E-state index < -0.39 is 0 Å². The number of aromatic nitrogens is 1. The Balaban J connectivity index is 1.01. The van der Waals surface area contributed by atoms with Crippen LogP contribution in [0.4, 0.5) is 34.1 Å². The molecule has 0 fully saturated rings. The van der Waals surface area contributed by atoms with Crippen molar-refractivity contribution in [3.63, 3.8) is 0 Å². The molecule has 0 atom stereocenters. The van der Waals surface area contributed by atoms with E-state index in [-0.39, 0.29) is 23.0 Å². The smallest absolute Gasteiger partial charge is 0.252 e. The maximum Gasteiger partial charge on any atom is 0.252 e. The highest BCUT2D eigenvalue weighted by molar-refractivity contribution is 7.00. The van der Waals surface area contributed by atoms with E-state index in [0.29, 0.717) is 5.56 Å². The fourth-order valence-corrected chi connectivity index (χ4v) is 16.5. The first-order valence-corrected chi connectivity index (χ1v) is 36.1. The normalized spacial score (nSPS) is 12.8. The van der Waals surface area contributed by atoms with Crippen molar-refractivity contribution in [1.29, 1.82) is 5.26 Å². The van der Waals surface area contributed by atoms with Gasteiger partial charge in [0.2, 0.25) is 0 Å². The van der Waals surface area contributed by atoms with Crippen LogP contribution < -0.4 is 26.2 Å². The Hall–Kier alpha value is -12.2. The van der Waals surface area contributed by atoms with Crippen molar-refractivity contribution in [2.24, 2.45) is 0 Å². The number of nitriles is 1. The van der Waals surface area contributed by atoms with Gasteiger partial charge >= 0.3 is 0 Å². The number of anilines is 6. The van der Waals surface area contributed by atoms with Crippen molar-refractivity contribution >= 4 is 101 Å². The van der Waals surface area contributed by atoms with E-state index in [2.05, 4.69) is 380 Å². The fraction of sp³-hybridized carbons (Fsp3) is 0.124. The van der Waals surface area contributed by atoms with Crippen LogP contribution in [0.2, 0.25) is 0 Å². The summed E-state index contributed by atoms with van der Waals surface area (Å²) in [5, 5.41) is 14.7. The van der Waals surface area contributed by atoms with E-state index in [0.717, 1.165) is 145 Å². The van der Waals surface area contributed by atoms with Crippen LogP contribution in [0.25, 0.3) is 116 Å². The predicted octanol–water partition coefficient (Wildman–Crippen LogP) is 24.5. The molecular weight excluding hydrogens is 1250 g/mol. The Morgan fingerprint density at radius 3 is 1.53 bits per heavy atom. The lowest BCUT2D eigenvalue weighted by Gasteiger charge is -2.46. The summed E-state index contributed by atoms with van der Waals surface area (Å²) in [7, 11) is 0. The second-order valence-corrected chi connectivity index (χ2v) is 31.1. The fourth-order valence-electron chi connectivity index (χ4n) is 16.5. The van der Waals surface area contributed by atoms with E-state index >= 15 is 0 Å². The second kappa shape index (κ2) is 24.0. The van der Waals surface area contributed by atoms with Crippen LogP contribution in [0.3, 0.4) is 0 Å². The van der Waals surface area contributed by atoms with Gasteiger partial charge in [-0.05, 0) is 161 Å². The largest absolute Gasteiger partial charge is 0.455 e. The molecule has 0 radical (unpaired) electrons. The Morgan fingerprint density at radius 1 is 0.320 bits per heavy atom. The molecule has 2 aliphatic heterocycles. The molecule has 494 valence electrons. The van der Waals surface area contributed by atoms with Crippen LogP contribution in [-0.4, -0.2) is 11.3 Å². The van der Waals surface area contributed by atoms with E-state index in [1.807, 2.05) is 6.07 Å². The van der Waals surface area contributed by atoms with Crippen molar-refractivity contribution in [1.82, 2.24) is 4.57 Å². The minimum atomic E-state index is -0.293. The van der Waals surface area contributed by atoms with Gasteiger partial charge in [0.25, 0.3) is 6.71 Å². The molecule has 14 aromatic carbocycles. The predicted molar refractivity (Wildman–Crippen MR) is 436 cm³/mol. The number of rotatable bonds is 9. The summed E-state index contributed by atoms with van der Waals surface area (Å²) >= 11 is 0. The highest BCUT2D eigenvalue weighted by Crippen LogP contribution is 2.54. The zero-order valence-corrected chi connectivity index (χ0v) is 59.6. The zero-order valence-electron chi connectivity index (χ0n) is 59.6. The molecular formula is C97H77BN4O. The average molecular weight is 1330 g/mol. The van der Waals surface area contributed by atoms with Crippen molar-refractivity contribution in [3.8, 4) is 78.5 Å². The molecule has 103 heavy (non-hydrogen) atoms. The van der Waals surface area contributed by atoms with Crippen LogP contribution in [0.15, 0.2) is 308 Å². The summed E-state index contributed by atoms with van der Waals surface area (Å²) in [6.07, 6.45) is 0. The highest BCUT2D eigenvalue weighted by Gasteiger charge is 2.46. The molecule has 16 aromatic rings. The van der Waals surface area contributed by atoms with Gasteiger partial charge in [0, 0.05) is 72.1 Å². The first kappa shape index (κ1) is 63.0. The SMILES string of the molecule is CC(C)(C)c1ccc(-c2cc3c4c(c2)N(c2c(-c5ccccc5)cccc2-c2ccccc2)c2ccc(-c5c(-c6cccc7c6oc6ccccc67)cccc5-n5c6ccccc6c6cc(C#N)ccc65)cc2B4c2ccc(C(C)(C)C)cc2N3c2ccc(C(C)(C)C)cc2-c2ccccc2)cc1. The van der Waals surface area contributed by atoms with Crippen LogP contribution in [0.1, 0.15) is 84.6 Å². The number of furan rings is 1. The lowest BCUT2D eigenvalue weighted by molar-refractivity contribution is 0.590. The molecule has 0 saturated heterocycles. The lowest BCUT2D eigenvalue weighted by atomic mass is 9.33. The number of hydrogen-bond donors (Lipinski definition) is 0. The van der Waals surface area contributed by atoms with Gasteiger partial charge in [-0.15, -0.1) is 0 Å². The van der Waals surface area contributed by atoms with Crippen molar-refractivity contribution in [2.45, 2.75) is 78.6 Å². The summed E-state index contributed by atoms with van der Waals surface area (Å²) in [5.74, 6) is 0. The van der Waals surface area contributed by atoms with Gasteiger partial charge in [0.15, 0.2) is 0 Å². The third-order valence-corrected chi connectivity index (χ3v) is 21.7. The number of benzene rings is 14. The molecule has 0 aliphatic carbocycles. The van der Waals surface area contributed by atoms with Gasteiger partial charge in [0.1, 0.15) is 11.2 Å². The molecule has 18 rings (SSSR count). The van der Waals surface area contributed by atoms with Crippen LogP contribution in [0.5, 0.6) is 0 Å². The molecule has 2 aromatic heterocycles. The van der Waals surface area contributed by atoms with Crippen molar-refractivity contribution in [3.05, 3.63) is 326 Å². The first-order chi connectivity index (χ1) is 50.0. The maximum absolute atomic E-state index is 10.5. The van der Waals surface area contributed by atoms with Crippen LogP contribution in [-0.2, 0) is 16.2 Å². The van der Waals surface area contributed by atoms with E-state index in [1.165, 1.54) is 38.6 Å². The quantitative estimate of drug-likeness (QED) is 0.135. The second-order valence-electron chi connectivity index (χ2n) is 31.1. The standard InChI is InChI=1S/C97H77BN4O/c1-95(2,3)68-46-43-62(44-47-68)67-56-88-92-89(57-67)102(93-71(63-26-13-10-14-27-63)34-23-35-72(93)64-28-15-11-16-29-64)85-52-45-66(55-81(85)98(92)80-50-48-70(97(7,8)9)59-87(80)101(88)83-53-49-69(96(4,5)6)58-78(83)65-30-17-12-18-31-65)91-75(77-38-24-37-76-74-33-20-22-41-90(74)103-94(76)77)36-25-40-86(91)100-82-39-21-19-32-73(82)79-54-61(60-99)42-51-84(79)100/h10-59H,1-9H3. The van der Waals surface area contributed by atoms with E-state index in [4.69, 9.17) is 4.42 Å². The molecule has 0 saturated carbocycles. The van der Waals surface area contributed by atoms with Gasteiger partial charge in [-0.1, -0.05) is 293 Å². The Labute approximate surface area is 603 Å².